The Balaban J connectivity index is 1.42. The van der Waals surface area contributed by atoms with Crippen LogP contribution in [0.4, 0.5) is 4.79 Å². The fourth-order valence-electron chi connectivity index (χ4n) is 3.75. The third kappa shape index (κ3) is 4.95. The second-order valence-corrected chi connectivity index (χ2v) is 7.06. The Labute approximate surface area is 145 Å². The van der Waals surface area contributed by atoms with E-state index in [1.54, 1.807) is 0 Å². The van der Waals surface area contributed by atoms with Gasteiger partial charge in [-0.2, -0.15) is 0 Å². The number of amides is 1. The van der Waals surface area contributed by atoms with Gasteiger partial charge in [-0.05, 0) is 38.3 Å². The smallest absolute Gasteiger partial charge is 0.407 e. The lowest BCUT2D eigenvalue weighted by Crippen LogP contribution is -2.52. The van der Waals surface area contributed by atoms with E-state index >= 15 is 0 Å². The highest BCUT2D eigenvalue weighted by Crippen LogP contribution is 2.24. The monoisotopic (exact) mass is 331 g/mol. The first-order valence-electron chi connectivity index (χ1n) is 9.10. The summed E-state index contributed by atoms with van der Waals surface area (Å²) in [5.41, 5.74) is 1.02. The SMILES string of the molecule is CN1CCN([C@@H]2CCC[C@@H](NC(=O)OCc3ccccc3)C2)CC1. The van der Waals surface area contributed by atoms with Crippen molar-refractivity contribution < 1.29 is 9.53 Å². The molecular formula is C19H29N3O2. The van der Waals surface area contributed by atoms with Crippen LogP contribution in [0.1, 0.15) is 31.2 Å². The molecule has 1 aromatic rings. The molecule has 2 aliphatic rings. The zero-order chi connectivity index (χ0) is 16.8. The molecule has 5 heteroatoms. The van der Waals surface area contributed by atoms with Crippen molar-refractivity contribution in [3.05, 3.63) is 35.9 Å². The van der Waals surface area contributed by atoms with Gasteiger partial charge in [0.25, 0.3) is 0 Å². The zero-order valence-electron chi connectivity index (χ0n) is 14.6. The Morgan fingerprint density at radius 2 is 1.92 bits per heavy atom. The van der Waals surface area contributed by atoms with Crippen LogP contribution >= 0.6 is 0 Å². The van der Waals surface area contributed by atoms with Crippen LogP contribution in [0.3, 0.4) is 0 Å². The van der Waals surface area contributed by atoms with Gasteiger partial charge >= 0.3 is 6.09 Å². The second-order valence-electron chi connectivity index (χ2n) is 7.06. The number of likely N-dealkylation sites (N-methyl/N-ethyl adjacent to an activating group) is 1. The third-order valence-corrected chi connectivity index (χ3v) is 5.24. The average Bonchev–Trinajstić information content (AvgIpc) is 2.62. The summed E-state index contributed by atoms with van der Waals surface area (Å²) in [6, 6.07) is 10.7. The summed E-state index contributed by atoms with van der Waals surface area (Å²) in [7, 11) is 2.19. The Hall–Kier alpha value is -1.59. The lowest BCUT2D eigenvalue weighted by atomic mass is 9.89. The van der Waals surface area contributed by atoms with Gasteiger partial charge < -0.3 is 15.0 Å². The minimum atomic E-state index is -0.289. The molecule has 0 aromatic heterocycles. The molecule has 1 amide bonds. The van der Waals surface area contributed by atoms with E-state index in [-0.39, 0.29) is 12.1 Å². The summed E-state index contributed by atoms with van der Waals surface area (Å²) < 4.78 is 5.36. The Morgan fingerprint density at radius 1 is 1.17 bits per heavy atom. The van der Waals surface area contributed by atoms with Gasteiger partial charge in [-0.1, -0.05) is 30.3 Å². The quantitative estimate of drug-likeness (QED) is 0.921. The predicted octanol–water partition coefficient (Wildman–Crippen LogP) is 2.47. The molecule has 1 aliphatic carbocycles. The van der Waals surface area contributed by atoms with Crippen molar-refractivity contribution in [2.75, 3.05) is 33.2 Å². The summed E-state index contributed by atoms with van der Waals surface area (Å²) in [4.78, 5) is 17.0. The average molecular weight is 331 g/mol. The van der Waals surface area contributed by atoms with Gasteiger partial charge in [-0.3, -0.25) is 4.90 Å². The van der Waals surface area contributed by atoms with Crippen molar-refractivity contribution >= 4 is 6.09 Å². The molecule has 1 aliphatic heterocycles. The maximum atomic E-state index is 12.1. The Kier molecular flexibility index (Phi) is 6.10. The number of benzene rings is 1. The van der Waals surface area contributed by atoms with Crippen LogP contribution in [0.2, 0.25) is 0 Å². The predicted molar refractivity (Wildman–Crippen MR) is 94.9 cm³/mol. The standard InChI is InChI=1S/C19H29N3O2/c1-21-10-12-22(13-11-21)18-9-5-8-17(14-18)20-19(23)24-15-16-6-3-2-4-7-16/h2-4,6-7,17-18H,5,8-15H2,1H3,(H,20,23)/t17-,18-/m1/s1. The number of carbonyl (C=O) groups excluding carboxylic acids is 1. The molecule has 2 atom stereocenters. The summed E-state index contributed by atoms with van der Waals surface area (Å²) in [6.45, 7) is 4.92. The first-order chi connectivity index (χ1) is 11.7. The molecule has 0 spiro atoms. The fraction of sp³-hybridized carbons (Fsp3) is 0.632. The van der Waals surface area contributed by atoms with E-state index in [1.165, 1.54) is 12.8 Å². The third-order valence-electron chi connectivity index (χ3n) is 5.24. The van der Waals surface area contributed by atoms with E-state index in [4.69, 9.17) is 4.74 Å². The summed E-state index contributed by atoms with van der Waals surface area (Å²) in [6.07, 6.45) is 4.25. The van der Waals surface area contributed by atoms with Crippen molar-refractivity contribution in [3.63, 3.8) is 0 Å². The highest BCUT2D eigenvalue weighted by Gasteiger charge is 2.29. The number of hydrogen-bond acceptors (Lipinski definition) is 4. The van der Waals surface area contributed by atoms with Crippen molar-refractivity contribution in [2.24, 2.45) is 0 Å². The Morgan fingerprint density at radius 3 is 2.67 bits per heavy atom. The van der Waals surface area contributed by atoms with Crippen molar-refractivity contribution in [1.29, 1.82) is 0 Å². The number of carbonyl (C=O) groups is 1. The van der Waals surface area contributed by atoms with E-state index < -0.39 is 0 Å². The minimum absolute atomic E-state index is 0.242. The molecule has 1 saturated heterocycles. The fourth-order valence-corrected chi connectivity index (χ4v) is 3.75. The van der Waals surface area contributed by atoms with Gasteiger partial charge in [0, 0.05) is 38.3 Å². The van der Waals surface area contributed by atoms with Gasteiger partial charge in [0.05, 0.1) is 0 Å². The van der Waals surface area contributed by atoms with Gasteiger partial charge in [-0.25, -0.2) is 4.79 Å². The molecule has 132 valence electrons. The largest absolute Gasteiger partial charge is 0.445 e. The molecule has 3 rings (SSSR count). The Bertz CT molecular complexity index is 515. The van der Waals surface area contributed by atoms with E-state index in [1.807, 2.05) is 30.3 Å². The highest BCUT2D eigenvalue weighted by molar-refractivity contribution is 5.67. The molecule has 0 bridgehead atoms. The number of rotatable bonds is 4. The summed E-state index contributed by atoms with van der Waals surface area (Å²) in [5, 5.41) is 3.07. The van der Waals surface area contributed by atoms with Crippen molar-refractivity contribution in [3.8, 4) is 0 Å². The first-order valence-corrected chi connectivity index (χ1v) is 9.10. The van der Waals surface area contributed by atoms with Gasteiger partial charge in [-0.15, -0.1) is 0 Å². The molecular weight excluding hydrogens is 302 g/mol. The second kappa shape index (κ2) is 8.49. The van der Waals surface area contributed by atoms with Crippen LogP contribution in [0.5, 0.6) is 0 Å². The van der Waals surface area contributed by atoms with Crippen molar-refractivity contribution in [2.45, 2.75) is 44.4 Å². The molecule has 24 heavy (non-hydrogen) atoms. The maximum absolute atomic E-state index is 12.1. The number of ether oxygens (including phenoxy) is 1. The number of piperazine rings is 1. The number of nitrogens with one attached hydrogen (secondary N) is 1. The van der Waals surface area contributed by atoms with Crippen LogP contribution in [0, 0.1) is 0 Å². The molecule has 5 nitrogen and oxygen atoms in total. The summed E-state index contributed by atoms with van der Waals surface area (Å²) >= 11 is 0. The number of nitrogens with zero attached hydrogens (tertiary/aromatic N) is 2. The number of alkyl carbamates (subject to hydrolysis) is 1. The zero-order valence-corrected chi connectivity index (χ0v) is 14.6. The van der Waals surface area contributed by atoms with Gasteiger partial charge in [0.2, 0.25) is 0 Å². The van der Waals surface area contributed by atoms with Crippen LogP contribution < -0.4 is 5.32 Å². The normalized spacial score (nSPS) is 26.0. The first kappa shape index (κ1) is 17.2. The molecule has 1 heterocycles. The van der Waals surface area contributed by atoms with Crippen LogP contribution in [-0.4, -0.2) is 61.2 Å². The lowest BCUT2D eigenvalue weighted by Gasteiger charge is -2.41. The molecule has 0 unspecified atom stereocenters. The van der Waals surface area contributed by atoms with E-state index in [0.29, 0.717) is 12.6 Å². The van der Waals surface area contributed by atoms with Gasteiger partial charge in [0.15, 0.2) is 0 Å². The van der Waals surface area contributed by atoms with E-state index in [9.17, 15) is 4.79 Å². The highest BCUT2D eigenvalue weighted by atomic mass is 16.5. The minimum Gasteiger partial charge on any atom is -0.445 e. The molecule has 1 saturated carbocycles. The van der Waals surface area contributed by atoms with Crippen LogP contribution in [0.25, 0.3) is 0 Å². The van der Waals surface area contributed by atoms with E-state index in [2.05, 4.69) is 22.2 Å². The number of hydrogen-bond donors (Lipinski definition) is 1. The molecule has 1 N–H and O–H groups in total. The van der Waals surface area contributed by atoms with Crippen LogP contribution in [-0.2, 0) is 11.3 Å². The molecule has 2 fully saturated rings. The van der Waals surface area contributed by atoms with Gasteiger partial charge in [0.1, 0.15) is 6.61 Å². The lowest BCUT2D eigenvalue weighted by molar-refractivity contribution is 0.0794. The topological polar surface area (TPSA) is 44.8 Å². The van der Waals surface area contributed by atoms with Crippen LogP contribution in [0.15, 0.2) is 30.3 Å². The van der Waals surface area contributed by atoms with Crippen molar-refractivity contribution in [1.82, 2.24) is 15.1 Å². The maximum Gasteiger partial charge on any atom is 0.407 e. The molecule has 0 radical (unpaired) electrons. The summed E-state index contributed by atoms with van der Waals surface area (Å²) in [5.74, 6) is 0. The van der Waals surface area contributed by atoms with E-state index in [0.717, 1.165) is 44.6 Å². The molecule has 1 aromatic carbocycles.